The van der Waals surface area contributed by atoms with E-state index in [1.807, 2.05) is 0 Å². The first-order valence-corrected chi connectivity index (χ1v) is 3.84. The van der Waals surface area contributed by atoms with E-state index in [2.05, 4.69) is 0 Å². The number of ketones is 1. The summed E-state index contributed by atoms with van der Waals surface area (Å²) in [6.45, 7) is 0. The Balaban J connectivity index is 3.09. The van der Waals surface area contributed by atoms with Crippen LogP contribution in [0.25, 0.3) is 0 Å². The molecule has 1 aromatic rings. The van der Waals surface area contributed by atoms with Gasteiger partial charge in [0, 0.05) is 6.07 Å². The molecule has 13 heavy (non-hydrogen) atoms. The van der Waals surface area contributed by atoms with Gasteiger partial charge in [-0.2, -0.15) is 0 Å². The maximum Gasteiger partial charge on any atom is 0.210 e. The van der Waals surface area contributed by atoms with Crippen molar-refractivity contribution in [1.82, 2.24) is 0 Å². The molecular weight excluding hydrogens is 196 g/mol. The van der Waals surface area contributed by atoms with Gasteiger partial charge in [0.2, 0.25) is 5.78 Å². The fourth-order valence-electron chi connectivity index (χ4n) is 0.857. The molecule has 4 nitrogen and oxygen atoms in total. The number of Topliss-reactive ketones (excluding diaryl/α,β-unsaturated/α-hetero) is 1. The number of phenols is 2. The number of benzene rings is 1. The number of hydrogen-bond acceptors (Lipinski definition) is 4. The largest absolute Gasteiger partial charge is 0.508 e. The average Bonchev–Trinajstić information content (AvgIpc) is 2.03. The number of aliphatic hydroxyl groups is 1. The van der Waals surface area contributed by atoms with Crippen LogP contribution in [0.4, 0.5) is 0 Å². The van der Waals surface area contributed by atoms with E-state index >= 15 is 0 Å². The number of rotatable bonds is 2. The van der Waals surface area contributed by atoms with Crippen molar-refractivity contribution in [2.24, 2.45) is 0 Å². The van der Waals surface area contributed by atoms with Crippen LogP contribution in [0.5, 0.6) is 11.5 Å². The minimum absolute atomic E-state index is 0.125. The van der Waals surface area contributed by atoms with Crippen molar-refractivity contribution in [3.63, 3.8) is 0 Å². The van der Waals surface area contributed by atoms with Gasteiger partial charge in [0.1, 0.15) is 11.5 Å². The summed E-state index contributed by atoms with van der Waals surface area (Å²) in [6.07, 6.45) is 0. The minimum Gasteiger partial charge on any atom is -0.508 e. The van der Waals surface area contributed by atoms with Gasteiger partial charge in [0.15, 0.2) is 5.56 Å². The molecule has 3 N–H and O–H groups in total. The van der Waals surface area contributed by atoms with E-state index in [0.717, 1.165) is 6.07 Å². The summed E-state index contributed by atoms with van der Waals surface area (Å²) >= 11 is 5.11. The second-order valence-electron chi connectivity index (χ2n) is 2.40. The lowest BCUT2D eigenvalue weighted by Gasteiger charge is -2.04. The van der Waals surface area contributed by atoms with Crippen molar-refractivity contribution >= 4 is 17.4 Å². The van der Waals surface area contributed by atoms with Crippen molar-refractivity contribution in [3.05, 3.63) is 23.8 Å². The van der Waals surface area contributed by atoms with Gasteiger partial charge >= 0.3 is 0 Å². The highest BCUT2D eigenvalue weighted by Crippen LogP contribution is 2.24. The number of carbonyl (C=O) groups is 1. The van der Waals surface area contributed by atoms with Gasteiger partial charge in [-0.1, -0.05) is 11.6 Å². The monoisotopic (exact) mass is 202 g/mol. The number of aliphatic hydroxyl groups excluding tert-OH is 1. The molecule has 0 fully saturated rings. The average molecular weight is 203 g/mol. The molecule has 0 aliphatic carbocycles. The third kappa shape index (κ3) is 2.11. The summed E-state index contributed by atoms with van der Waals surface area (Å²) in [5.74, 6) is -1.39. The van der Waals surface area contributed by atoms with Crippen LogP contribution in [0, 0.1) is 0 Å². The highest BCUT2D eigenvalue weighted by atomic mass is 35.5. The molecule has 0 saturated heterocycles. The molecule has 0 heterocycles. The topological polar surface area (TPSA) is 77.8 Å². The van der Waals surface area contributed by atoms with E-state index in [-0.39, 0.29) is 11.3 Å². The number of phenolic OH excluding ortho intramolecular Hbond substituents is 2. The first-order valence-electron chi connectivity index (χ1n) is 3.40. The van der Waals surface area contributed by atoms with Gasteiger partial charge in [-0.15, -0.1) is 0 Å². The van der Waals surface area contributed by atoms with Crippen molar-refractivity contribution < 1.29 is 20.1 Å². The fraction of sp³-hybridized carbons (Fsp3) is 0.125. The molecule has 1 rings (SSSR count). The SMILES string of the molecule is O=C(c1ccc(O)cc1O)C(O)Cl. The lowest BCUT2D eigenvalue weighted by Crippen LogP contribution is -2.13. The predicted octanol–water partition coefficient (Wildman–Crippen LogP) is 0.838. The Morgan fingerprint density at radius 1 is 1.38 bits per heavy atom. The van der Waals surface area contributed by atoms with Crippen LogP contribution in [-0.2, 0) is 0 Å². The summed E-state index contributed by atoms with van der Waals surface area (Å²) in [6, 6.07) is 3.39. The zero-order valence-electron chi connectivity index (χ0n) is 6.44. The molecule has 1 atom stereocenters. The molecule has 5 heteroatoms. The number of aromatic hydroxyl groups is 2. The van der Waals surface area contributed by atoms with Crippen LogP contribution in [-0.4, -0.2) is 26.7 Å². The number of alkyl halides is 1. The molecule has 0 aromatic heterocycles. The number of carbonyl (C=O) groups excluding carboxylic acids is 1. The van der Waals surface area contributed by atoms with Gasteiger partial charge < -0.3 is 15.3 Å². The first kappa shape index (κ1) is 9.83. The molecule has 0 saturated carbocycles. The molecule has 70 valence electrons. The van der Waals surface area contributed by atoms with Crippen LogP contribution in [0.3, 0.4) is 0 Å². The zero-order valence-corrected chi connectivity index (χ0v) is 7.19. The van der Waals surface area contributed by atoms with Crippen LogP contribution in [0.1, 0.15) is 10.4 Å². The van der Waals surface area contributed by atoms with Crippen LogP contribution in [0.15, 0.2) is 18.2 Å². The van der Waals surface area contributed by atoms with Crippen molar-refractivity contribution in [1.29, 1.82) is 0 Å². The minimum atomic E-state index is -1.68. The van der Waals surface area contributed by atoms with E-state index in [9.17, 15) is 4.79 Å². The van der Waals surface area contributed by atoms with Crippen LogP contribution in [0.2, 0.25) is 0 Å². The molecule has 1 unspecified atom stereocenters. The molecule has 0 radical (unpaired) electrons. The molecule has 0 amide bonds. The highest BCUT2D eigenvalue weighted by Gasteiger charge is 2.17. The van der Waals surface area contributed by atoms with Gasteiger partial charge in [-0.25, -0.2) is 0 Å². The molecule has 0 aliphatic rings. The fourth-order valence-corrected chi connectivity index (χ4v) is 0.974. The normalized spacial score (nSPS) is 12.5. The quantitative estimate of drug-likeness (QED) is 0.491. The molecule has 0 bridgehead atoms. The van der Waals surface area contributed by atoms with E-state index in [0.29, 0.717) is 0 Å². The van der Waals surface area contributed by atoms with Crippen molar-refractivity contribution in [2.45, 2.75) is 5.56 Å². The lowest BCUT2D eigenvalue weighted by atomic mass is 10.1. The van der Waals surface area contributed by atoms with Crippen molar-refractivity contribution in [3.8, 4) is 11.5 Å². The third-order valence-corrected chi connectivity index (χ3v) is 1.66. The van der Waals surface area contributed by atoms with Crippen LogP contribution >= 0.6 is 11.6 Å². The third-order valence-electron chi connectivity index (χ3n) is 1.46. The first-order chi connectivity index (χ1) is 6.02. The summed E-state index contributed by atoms with van der Waals surface area (Å²) in [4.78, 5) is 11.1. The number of hydrogen-bond donors (Lipinski definition) is 3. The highest BCUT2D eigenvalue weighted by molar-refractivity contribution is 6.32. The smallest absolute Gasteiger partial charge is 0.210 e. The standard InChI is InChI=1S/C8H7ClO4/c9-8(13)7(12)5-2-1-4(10)3-6(5)11/h1-3,8,10-11,13H. The van der Waals surface area contributed by atoms with E-state index in [1.165, 1.54) is 12.1 Å². The van der Waals surface area contributed by atoms with E-state index in [4.69, 9.17) is 26.9 Å². The Kier molecular flexibility index (Phi) is 2.75. The maximum absolute atomic E-state index is 11.1. The Labute approximate surface area is 79.0 Å². The lowest BCUT2D eigenvalue weighted by molar-refractivity contribution is 0.0857. The predicted molar refractivity (Wildman–Crippen MR) is 46.0 cm³/mol. The summed E-state index contributed by atoms with van der Waals surface area (Å²) < 4.78 is 0. The van der Waals surface area contributed by atoms with Crippen molar-refractivity contribution in [2.75, 3.05) is 0 Å². The zero-order chi connectivity index (χ0) is 10.0. The summed E-state index contributed by atoms with van der Waals surface area (Å²) in [5.41, 5.74) is -1.81. The summed E-state index contributed by atoms with van der Waals surface area (Å²) in [5, 5.41) is 26.8. The Morgan fingerprint density at radius 2 is 2.00 bits per heavy atom. The maximum atomic E-state index is 11.1. The molecule has 0 aliphatic heterocycles. The van der Waals surface area contributed by atoms with Gasteiger partial charge in [0.05, 0.1) is 5.56 Å². The molecular formula is C8H7ClO4. The van der Waals surface area contributed by atoms with E-state index in [1.54, 1.807) is 0 Å². The van der Waals surface area contributed by atoms with Crippen LogP contribution < -0.4 is 0 Å². The number of halogens is 1. The Hall–Kier alpha value is -1.26. The molecule has 0 spiro atoms. The molecule has 1 aromatic carbocycles. The van der Waals surface area contributed by atoms with Gasteiger partial charge in [-0.3, -0.25) is 4.79 Å². The second kappa shape index (κ2) is 3.64. The summed E-state index contributed by atoms with van der Waals surface area (Å²) in [7, 11) is 0. The van der Waals surface area contributed by atoms with Gasteiger partial charge in [0.25, 0.3) is 0 Å². The Bertz CT molecular complexity index is 335. The Morgan fingerprint density at radius 3 is 2.46 bits per heavy atom. The second-order valence-corrected chi connectivity index (χ2v) is 2.81. The van der Waals surface area contributed by atoms with E-state index < -0.39 is 17.1 Å². The van der Waals surface area contributed by atoms with Gasteiger partial charge in [-0.05, 0) is 12.1 Å².